The van der Waals surface area contributed by atoms with Gasteiger partial charge in [0.25, 0.3) is 0 Å². The number of carboxylic acid groups (broad SMARTS) is 1. The summed E-state index contributed by atoms with van der Waals surface area (Å²) >= 11 is 0. The van der Waals surface area contributed by atoms with Crippen molar-refractivity contribution < 1.29 is 29.1 Å². The number of H-pyrrole nitrogens is 1. The van der Waals surface area contributed by atoms with E-state index in [1.807, 2.05) is 13.8 Å². The molecular weight excluding hydrogens is 536 g/mol. The molecule has 41 heavy (non-hydrogen) atoms. The molecule has 1 aromatic heterocycles. The number of imidazole rings is 1. The van der Waals surface area contributed by atoms with Crippen LogP contribution >= 0.6 is 0 Å². The van der Waals surface area contributed by atoms with Gasteiger partial charge in [-0.3, -0.25) is 24.2 Å². The van der Waals surface area contributed by atoms with Gasteiger partial charge in [-0.2, -0.15) is 0 Å². The molecule has 2 rings (SSSR count). The van der Waals surface area contributed by atoms with Gasteiger partial charge in [-0.15, -0.1) is 0 Å². The third-order valence-corrected chi connectivity index (χ3v) is 6.33. The zero-order valence-corrected chi connectivity index (χ0v) is 23.4. The van der Waals surface area contributed by atoms with E-state index >= 15 is 0 Å². The number of carbonyl (C=O) groups excluding carboxylic acids is 4. The molecule has 0 aromatic carbocycles. The van der Waals surface area contributed by atoms with Crippen molar-refractivity contribution in [1.82, 2.24) is 36.6 Å². The molecule has 16 nitrogen and oxygen atoms in total. The van der Waals surface area contributed by atoms with Crippen LogP contribution < -0.4 is 38.1 Å². The number of aromatic amines is 1. The molecule has 0 spiro atoms. The molecule has 1 aliphatic rings. The van der Waals surface area contributed by atoms with Crippen molar-refractivity contribution in [2.75, 3.05) is 19.6 Å². The molecular formula is C25H42N10O6. The second kappa shape index (κ2) is 16.8. The molecule has 11 N–H and O–H groups in total. The summed E-state index contributed by atoms with van der Waals surface area (Å²) in [5.74, 6) is -3.54. The molecule has 16 heteroatoms. The highest BCUT2D eigenvalue weighted by Gasteiger charge is 2.30. The summed E-state index contributed by atoms with van der Waals surface area (Å²) in [6.45, 7) is 4.10. The van der Waals surface area contributed by atoms with E-state index < -0.39 is 54.4 Å². The molecule has 1 fully saturated rings. The number of hydrogen-bond acceptors (Lipinski definition) is 8. The maximum Gasteiger partial charge on any atom is 0.326 e. The minimum atomic E-state index is -1.18. The van der Waals surface area contributed by atoms with Crippen LogP contribution in [0, 0.1) is 5.92 Å². The second-order valence-corrected chi connectivity index (χ2v) is 10.3. The molecule has 1 saturated heterocycles. The largest absolute Gasteiger partial charge is 0.480 e. The van der Waals surface area contributed by atoms with Crippen LogP contribution in [0.4, 0.5) is 0 Å². The first kappa shape index (κ1) is 33.0. The van der Waals surface area contributed by atoms with Crippen molar-refractivity contribution in [3.05, 3.63) is 18.2 Å². The molecule has 4 amide bonds. The highest BCUT2D eigenvalue weighted by atomic mass is 16.4. The standard InChI is InChI=1S/C25H42N10O6/c1-14(2)9-19(24(40)41)33-20(36)12-31-21(37)18(10-15-11-28-13-32-15)35-23(39)17(6-4-8-30-25(26)27)34-22(38)16-5-3-7-29-16/h11,13-14,16-19,29H,3-10,12H2,1-2H3,(H,28,32)(H,31,37)(H,33,36)(H,34,38)(H,35,39)(H,40,41)(H4,26,27,30)/t16-,17-,18-,19+/m1/s1. The summed E-state index contributed by atoms with van der Waals surface area (Å²) in [5, 5.41) is 22.7. The minimum absolute atomic E-state index is 0.0170. The number of hydrogen-bond donors (Lipinski definition) is 9. The lowest BCUT2D eigenvalue weighted by atomic mass is 10.0. The summed E-state index contributed by atoms with van der Waals surface area (Å²) in [6.07, 6.45) is 5.21. The van der Waals surface area contributed by atoms with Gasteiger partial charge in [0.05, 0.1) is 18.9 Å². The van der Waals surface area contributed by atoms with Gasteiger partial charge in [-0.05, 0) is 44.6 Å². The van der Waals surface area contributed by atoms with E-state index in [0.29, 0.717) is 25.1 Å². The summed E-state index contributed by atoms with van der Waals surface area (Å²) < 4.78 is 0. The number of aliphatic imine (C=N–C) groups is 1. The monoisotopic (exact) mass is 578 g/mol. The SMILES string of the molecule is CC(C)C[C@H](NC(=O)CNC(=O)[C@@H](Cc1cnc[nH]1)NC(=O)[C@@H](CCCN=C(N)N)NC(=O)[C@H]1CCCN1)C(=O)O. The molecule has 228 valence electrons. The number of carboxylic acids is 1. The number of rotatable bonds is 17. The van der Waals surface area contributed by atoms with Gasteiger partial charge in [0.2, 0.25) is 23.6 Å². The Hall–Kier alpha value is -4.21. The van der Waals surface area contributed by atoms with E-state index in [9.17, 15) is 29.1 Å². The fourth-order valence-corrected chi connectivity index (χ4v) is 4.28. The lowest BCUT2D eigenvalue weighted by Gasteiger charge is -2.24. The summed E-state index contributed by atoms with van der Waals surface area (Å²) in [4.78, 5) is 73.7. The number of nitrogens with one attached hydrogen (secondary N) is 6. The Kier molecular flexibility index (Phi) is 13.5. The highest BCUT2D eigenvalue weighted by Crippen LogP contribution is 2.08. The van der Waals surface area contributed by atoms with E-state index in [4.69, 9.17) is 11.5 Å². The first-order valence-electron chi connectivity index (χ1n) is 13.6. The Morgan fingerprint density at radius 1 is 1.10 bits per heavy atom. The lowest BCUT2D eigenvalue weighted by Crippen LogP contribution is -2.57. The Balaban J connectivity index is 2.09. The molecule has 0 unspecified atom stereocenters. The van der Waals surface area contributed by atoms with Crippen molar-refractivity contribution in [3.63, 3.8) is 0 Å². The number of guanidine groups is 1. The van der Waals surface area contributed by atoms with Gasteiger partial charge in [-0.25, -0.2) is 9.78 Å². The van der Waals surface area contributed by atoms with Crippen LogP contribution in [0.5, 0.6) is 0 Å². The van der Waals surface area contributed by atoms with Gasteiger partial charge in [-0.1, -0.05) is 13.8 Å². The minimum Gasteiger partial charge on any atom is -0.480 e. The first-order valence-corrected chi connectivity index (χ1v) is 13.6. The van der Waals surface area contributed by atoms with E-state index in [-0.39, 0.29) is 43.6 Å². The number of aliphatic carboxylic acids is 1. The van der Waals surface area contributed by atoms with Crippen molar-refractivity contribution in [3.8, 4) is 0 Å². The second-order valence-electron chi connectivity index (χ2n) is 10.3. The van der Waals surface area contributed by atoms with Crippen LogP contribution in [0.1, 0.15) is 51.6 Å². The fraction of sp³-hybridized carbons (Fsp3) is 0.640. The van der Waals surface area contributed by atoms with Crippen molar-refractivity contribution in [2.45, 2.75) is 76.5 Å². The van der Waals surface area contributed by atoms with Gasteiger partial charge in [0, 0.05) is 24.9 Å². The van der Waals surface area contributed by atoms with Gasteiger partial charge < -0.3 is 48.1 Å². The smallest absolute Gasteiger partial charge is 0.326 e. The van der Waals surface area contributed by atoms with E-state index in [0.717, 1.165) is 6.42 Å². The Bertz CT molecular complexity index is 1050. The summed E-state index contributed by atoms with van der Waals surface area (Å²) in [7, 11) is 0. The number of carbonyl (C=O) groups is 5. The Labute approximate surface area is 238 Å². The Morgan fingerprint density at radius 3 is 2.44 bits per heavy atom. The maximum absolute atomic E-state index is 13.3. The normalized spacial score (nSPS) is 16.7. The van der Waals surface area contributed by atoms with Crippen LogP contribution in [-0.2, 0) is 30.4 Å². The lowest BCUT2D eigenvalue weighted by molar-refractivity contribution is -0.142. The molecule has 0 saturated carbocycles. The molecule has 0 aliphatic carbocycles. The van der Waals surface area contributed by atoms with Gasteiger partial charge >= 0.3 is 5.97 Å². The van der Waals surface area contributed by atoms with Gasteiger partial charge in [0.1, 0.15) is 18.1 Å². The average molecular weight is 579 g/mol. The third-order valence-electron chi connectivity index (χ3n) is 6.33. The number of amides is 4. The Morgan fingerprint density at radius 2 is 1.85 bits per heavy atom. The highest BCUT2D eigenvalue weighted by molar-refractivity contribution is 5.94. The molecule has 1 aromatic rings. The fourth-order valence-electron chi connectivity index (χ4n) is 4.28. The number of nitrogens with zero attached hydrogens (tertiary/aromatic N) is 2. The molecule has 0 bridgehead atoms. The predicted molar refractivity (Wildman–Crippen MR) is 149 cm³/mol. The summed E-state index contributed by atoms with van der Waals surface area (Å²) in [5.41, 5.74) is 11.3. The molecule has 2 heterocycles. The van der Waals surface area contributed by atoms with Crippen molar-refractivity contribution in [2.24, 2.45) is 22.4 Å². The van der Waals surface area contributed by atoms with Crippen molar-refractivity contribution in [1.29, 1.82) is 0 Å². The molecule has 1 aliphatic heterocycles. The van der Waals surface area contributed by atoms with E-state index in [1.165, 1.54) is 12.5 Å². The molecule has 4 atom stereocenters. The van der Waals surface area contributed by atoms with Crippen LogP contribution in [0.3, 0.4) is 0 Å². The van der Waals surface area contributed by atoms with Crippen LogP contribution in [0.25, 0.3) is 0 Å². The van der Waals surface area contributed by atoms with E-state index in [2.05, 4.69) is 41.5 Å². The predicted octanol–water partition coefficient (Wildman–Crippen LogP) is -2.54. The maximum atomic E-state index is 13.3. The first-order chi connectivity index (χ1) is 19.5. The zero-order valence-electron chi connectivity index (χ0n) is 23.4. The van der Waals surface area contributed by atoms with Crippen LogP contribution in [-0.4, -0.2) is 94.4 Å². The van der Waals surface area contributed by atoms with Crippen LogP contribution in [0.15, 0.2) is 17.5 Å². The quantitative estimate of drug-likeness (QED) is 0.0531. The third kappa shape index (κ3) is 12.2. The van der Waals surface area contributed by atoms with E-state index in [1.54, 1.807) is 0 Å². The molecule has 0 radical (unpaired) electrons. The topological polar surface area (TPSA) is 259 Å². The zero-order chi connectivity index (χ0) is 30.4. The van der Waals surface area contributed by atoms with Crippen molar-refractivity contribution >= 4 is 35.6 Å². The van der Waals surface area contributed by atoms with Gasteiger partial charge in [0.15, 0.2) is 5.96 Å². The van der Waals surface area contributed by atoms with Crippen LogP contribution in [0.2, 0.25) is 0 Å². The number of nitrogens with two attached hydrogens (primary N) is 2. The average Bonchev–Trinajstić information content (AvgIpc) is 3.62. The number of aromatic nitrogens is 2. The summed E-state index contributed by atoms with van der Waals surface area (Å²) in [6, 6.07) is -3.64.